The molecule has 0 radical (unpaired) electrons. The average molecular weight is 317 g/mol. The quantitative estimate of drug-likeness (QED) is 0.696. The summed E-state index contributed by atoms with van der Waals surface area (Å²) >= 11 is 5.39. The number of aromatic nitrogens is 1. The van der Waals surface area contributed by atoms with E-state index in [0.29, 0.717) is 24.0 Å². The predicted molar refractivity (Wildman–Crippen MR) is 86.8 cm³/mol. The molecule has 1 N–H and O–H groups in total. The van der Waals surface area contributed by atoms with Gasteiger partial charge >= 0.3 is 0 Å². The molecule has 0 fully saturated rings. The number of nitrogens with zero attached hydrogens (tertiary/aromatic N) is 2. The lowest BCUT2D eigenvalue weighted by atomic mass is 10.0. The molecule has 1 aromatic carbocycles. The van der Waals surface area contributed by atoms with Gasteiger partial charge in [-0.15, -0.1) is 6.58 Å². The first-order valence-corrected chi connectivity index (χ1v) is 7.47. The molecule has 1 aromatic heterocycles. The average Bonchev–Trinajstić information content (AvgIpc) is 2.96. The number of fused-ring (bicyclic) bond motifs is 1. The highest BCUT2D eigenvalue weighted by Gasteiger charge is 2.25. The molecule has 1 aliphatic rings. The summed E-state index contributed by atoms with van der Waals surface area (Å²) in [6.07, 6.45) is 2.54. The Labute approximate surface area is 133 Å². The van der Waals surface area contributed by atoms with Crippen molar-refractivity contribution in [3.05, 3.63) is 54.0 Å². The molecule has 6 heteroatoms. The fourth-order valence-electron chi connectivity index (χ4n) is 2.49. The summed E-state index contributed by atoms with van der Waals surface area (Å²) < 4.78 is 18.5. The molecular formula is C16H16FN3OS. The van der Waals surface area contributed by atoms with Crippen LogP contribution in [0.25, 0.3) is 11.3 Å². The van der Waals surface area contributed by atoms with E-state index < -0.39 is 0 Å². The van der Waals surface area contributed by atoms with Crippen LogP contribution in [0.2, 0.25) is 0 Å². The minimum Gasteiger partial charge on any atom is -0.359 e. The van der Waals surface area contributed by atoms with Crippen molar-refractivity contribution < 1.29 is 8.91 Å². The van der Waals surface area contributed by atoms with Crippen LogP contribution in [-0.2, 0) is 13.0 Å². The Balaban J connectivity index is 1.84. The number of rotatable bonds is 3. The van der Waals surface area contributed by atoms with E-state index >= 15 is 0 Å². The van der Waals surface area contributed by atoms with Crippen LogP contribution >= 0.6 is 12.2 Å². The number of nitrogens with one attached hydrogen (secondary N) is 1. The molecule has 0 bridgehead atoms. The summed E-state index contributed by atoms with van der Waals surface area (Å²) in [6.45, 7) is 5.74. The van der Waals surface area contributed by atoms with Crippen LogP contribution in [0, 0.1) is 5.82 Å². The van der Waals surface area contributed by atoms with Crippen molar-refractivity contribution in [1.29, 1.82) is 0 Å². The van der Waals surface area contributed by atoms with E-state index in [4.69, 9.17) is 16.7 Å². The standard InChI is InChI=1S/C16H16FN3OS/c1-2-8-18-16(22)20-9-7-14-13(10-20)15(21-19-14)11-3-5-12(17)6-4-11/h2-6H,1,7-10H2,(H,18,22). The van der Waals surface area contributed by atoms with Gasteiger partial charge in [-0.3, -0.25) is 0 Å². The van der Waals surface area contributed by atoms with Gasteiger partial charge in [0.15, 0.2) is 10.9 Å². The molecule has 0 saturated heterocycles. The summed E-state index contributed by atoms with van der Waals surface area (Å²) in [6, 6.07) is 6.23. The van der Waals surface area contributed by atoms with Gasteiger partial charge in [-0.05, 0) is 36.5 Å². The van der Waals surface area contributed by atoms with Crippen molar-refractivity contribution in [2.24, 2.45) is 0 Å². The van der Waals surface area contributed by atoms with E-state index in [2.05, 4.69) is 22.0 Å². The maximum atomic E-state index is 13.1. The molecule has 0 aliphatic carbocycles. The third-order valence-electron chi connectivity index (χ3n) is 3.63. The van der Waals surface area contributed by atoms with Crippen molar-refractivity contribution in [3.8, 4) is 11.3 Å². The molecule has 4 nitrogen and oxygen atoms in total. The number of hydrogen-bond acceptors (Lipinski definition) is 3. The van der Waals surface area contributed by atoms with E-state index in [0.717, 1.165) is 29.8 Å². The van der Waals surface area contributed by atoms with Crippen LogP contribution in [0.5, 0.6) is 0 Å². The van der Waals surface area contributed by atoms with Crippen molar-refractivity contribution in [3.63, 3.8) is 0 Å². The number of thiocarbonyl (C=S) groups is 1. The van der Waals surface area contributed by atoms with Crippen molar-refractivity contribution in [2.45, 2.75) is 13.0 Å². The van der Waals surface area contributed by atoms with E-state index in [-0.39, 0.29) is 5.82 Å². The monoisotopic (exact) mass is 317 g/mol. The van der Waals surface area contributed by atoms with Gasteiger partial charge in [0.2, 0.25) is 0 Å². The lowest BCUT2D eigenvalue weighted by molar-refractivity contribution is 0.383. The van der Waals surface area contributed by atoms with Gasteiger partial charge < -0.3 is 14.7 Å². The second-order valence-electron chi connectivity index (χ2n) is 5.09. The molecule has 0 spiro atoms. The molecule has 2 aromatic rings. The van der Waals surface area contributed by atoms with Gasteiger partial charge in [-0.25, -0.2) is 4.39 Å². The number of hydrogen-bond donors (Lipinski definition) is 1. The van der Waals surface area contributed by atoms with Gasteiger partial charge in [0, 0.05) is 30.6 Å². The third kappa shape index (κ3) is 2.87. The largest absolute Gasteiger partial charge is 0.359 e. The summed E-state index contributed by atoms with van der Waals surface area (Å²) in [5, 5.41) is 7.96. The van der Waals surface area contributed by atoms with Gasteiger partial charge in [0.1, 0.15) is 5.82 Å². The van der Waals surface area contributed by atoms with Crippen molar-refractivity contribution in [2.75, 3.05) is 13.1 Å². The Bertz CT molecular complexity index is 696. The zero-order valence-corrected chi connectivity index (χ0v) is 12.8. The molecule has 0 unspecified atom stereocenters. The van der Waals surface area contributed by atoms with Crippen molar-refractivity contribution in [1.82, 2.24) is 15.4 Å². The molecule has 22 heavy (non-hydrogen) atoms. The highest BCUT2D eigenvalue weighted by Crippen LogP contribution is 2.30. The number of benzene rings is 1. The number of halogens is 1. The Morgan fingerprint density at radius 2 is 2.23 bits per heavy atom. The lowest BCUT2D eigenvalue weighted by Gasteiger charge is -2.28. The molecule has 0 atom stereocenters. The van der Waals surface area contributed by atoms with Gasteiger partial charge in [0.25, 0.3) is 0 Å². The van der Waals surface area contributed by atoms with Crippen LogP contribution in [0.1, 0.15) is 11.3 Å². The normalized spacial score (nSPS) is 13.6. The molecule has 0 amide bonds. The third-order valence-corrected chi connectivity index (χ3v) is 4.03. The highest BCUT2D eigenvalue weighted by molar-refractivity contribution is 7.80. The summed E-state index contributed by atoms with van der Waals surface area (Å²) in [5.74, 6) is 0.416. The van der Waals surface area contributed by atoms with Gasteiger partial charge in [-0.2, -0.15) is 0 Å². The Morgan fingerprint density at radius 3 is 2.95 bits per heavy atom. The summed E-state index contributed by atoms with van der Waals surface area (Å²) in [4.78, 5) is 2.07. The van der Waals surface area contributed by atoms with Crippen LogP contribution in [0.4, 0.5) is 4.39 Å². The SMILES string of the molecule is C=CCNC(=S)N1CCc2noc(-c3ccc(F)cc3)c2C1. The van der Waals surface area contributed by atoms with E-state index in [1.54, 1.807) is 18.2 Å². The van der Waals surface area contributed by atoms with Crippen LogP contribution in [-0.4, -0.2) is 28.3 Å². The summed E-state index contributed by atoms with van der Waals surface area (Å²) in [5.41, 5.74) is 2.78. The second kappa shape index (κ2) is 6.27. The maximum Gasteiger partial charge on any atom is 0.172 e. The highest BCUT2D eigenvalue weighted by atomic mass is 32.1. The predicted octanol–water partition coefficient (Wildman–Crippen LogP) is 2.90. The fourth-order valence-corrected chi connectivity index (χ4v) is 2.72. The molecule has 0 saturated carbocycles. The Morgan fingerprint density at radius 1 is 1.45 bits per heavy atom. The molecule has 1 aliphatic heterocycles. The first kappa shape index (κ1) is 14.7. The fraction of sp³-hybridized carbons (Fsp3) is 0.250. The Hall–Kier alpha value is -2.21. The smallest absolute Gasteiger partial charge is 0.172 e. The first-order valence-electron chi connectivity index (χ1n) is 7.06. The minimum atomic E-state index is -0.270. The lowest BCUT2D eigenvalue weighted by Crippen LogP contribution is -2.42. The molecular weight excluding hydrogens is 301 g/mol. The first-order chi connectivity index (χ1) is 10.7. The second-order valence-corrected chi connectivity index (χ2v) is 5.48. The summed E-state index contributed by atoms with van der Waals surface area (Å²) in [7, 11) is 0. The zero-order chi connectivity index (χ0) is 15.5. The van der Waals surface area contributed by atoms with Crippen LogP contribution in [0.15, 0.2) is 41.4 Å². The maximum absolute atomic E-state index is 13.1. The molecule has 2 heterocycles. The molecule has 114 valence electrons. The van der Waals surface area contributed by atoms with Gasteiger partial charge in [0.05, 0.1) is 12.2 Å². The van der Waals surface area contributed by atoms with Crippen LogP contribution < -0.4 is 5.32 Å². The Kier molecular flexibility index (Phi) is 4.20. The van der Waals surface area contributed by atoms with Crippen LogP contribution in [0.3, 0.4) is 0 Å². The molecule has 3 rings (SSSR count). The zero-order valence-electron chi connectivity index (χ0n) is 12.0. The van der Waals surface area contributed by atoms with E-state index in [9.17, 15) is 4.39 Å². The van der Waals surface area contributed by atoms with E-state index in [1.165, 1.54) is 12.1 Å². The van der Waals surface area contributed by atoms with E-state index in [1.807, 2.05) is 0 Å². The minimum absolute atomic E-state index is 0.270. The van der Waals surface area contributed by atoms with Crippen molar-refractivity contribution >= 4 is 17.3 Å². The topological polar surface area (TPSA) is 41.3 Å². The van der Waals surface area contributed by atoms with Gasteiger partial charge in [-0.1, -0.05) is 11.2 Å².